The van der Waals surface area contributed by atoms with Crippen LogP contribution in [-0.4, -0.2) is 38.7 Å². The molecule has 0 radical (unpaired) electrons. The minimum absolute atomic E-state index is 0.0761. The van der Waals surface area contributed by atoms with Crippen molar-refractivity contribution in [2.45, 2.75) is 36.1 Å². The quantitative estimate of drug-likeness (QED) is 0.557. The average molecular weight is 425 g/mol. The number of rotatable bonds is 6. The number of aromatic nitrogens is 3. The summed E-state index contributed by atoms with van der Waals surface area (Å²) in [5.74, 6) is 1.75. The smallest absolute Gasteiger partial charge is 0.227 e. The summed E-state index contributed by atoms with van der Waals surface area (Å²) < 4.78 is 15.2. The molecule has 156 valence electrons. The van der Waals surface area contributed by atoms with Crippen molar-refractivity contribution in [3.8, 4) is 0 Å². The van der Waals surface area contributed by atoms with E-state index in [1.807, 2.05) is 30.1 Å². The van der Waals surface area contributed by atoms with Gasteiger partial charge in [0, 0.05) is 31.8 Å². The second-order valence-electron chi connectivity index (χ2n) is 7.66. The van der Waals surface area contributed by atoms with E-state index in [4.69, 9.17) is 0 Å². The Kier molecular flexibility index (Phi) is 6.47. The molecule has 7 heteroatoms. The third-order valence-electron chi connectivity index (χ3n) is 5.49. The van der Waals surface area contributed by atoms with Crippen LogP contribution in [0.5, 0.6) is 0 Å². The largest absolute Gasteiger partial charge is 0.342 e. The highest BCUT2D eigenvalue weighted by Gasteiger charge is 2.28. The Morgan fingerprint density at radius 3 is 2.63 bits per heavy atom. The van der Waals surface area contributed by atoms with Crippen molar-refractivity contribution in [3.05, 3.63) is 77.4 Å². The zero-order chi connectivity index (χ0) is 20.9. The number of likely N-dealkylation sites (tertiary alicyclic amines) is 1. The molecular weight excluding hydrogens is 399 g/mol. The topological polar surface area (TPSA) is 51.0 Å². The number of carbonyl (C=O) groups is 1. The zero-order valence-corrected chi connectivity index (χ0v) is 17.8. The summed E-state index contributed by atoms with van der Waals surface area (Å²) in [6.07, 6.45) is 2.23. The lowest BCUT2D eigenvalue weighted by Crippen LogP contribution is -2.40. The van der Waals surface area contributed by atoms with Crippen LogP contribution in [0.3, 0.4) is 0 Å². The van der Waals surface area contributed by atoms with Gasteiger partial charge in [-0.1, -0.05) is 54.2 Å². The standard InChI is InChI=1S/C23H25FN4OS/c1-27-22(25-26-23(27)30-16-18-6-3-2-4-7-18)19-8-5-13-28(15-19)21(29)14-17-9-11-20(24)12-10-17/h2-4,6-7,9-12,19H,5,8,13-16H2,1H3/t19-/m0/s1. The monoisotopic (exact) mass is 424 g/mol. The third kappa shape index (κ3) is 4.90. The number of nitrogens with zero attached hydrogens (tertiary/aromatic N) is 4. The first-order valence-electron chi connectivity index (χ1n) is 10.2. The Morgan fingerprint density at radius 1 is 1.10 bits per heavy atom. The molecule has 0 N–H and O–H groups in total. The van der Waals surface area contributed by atoms with Crippen LogP contribution in [0.25, 0.3) is 0 Å². The van der Waals surface area contributed by atoms with E-state index in [9.17, 15) is 9.18 Å². The van der Waals surface area contributed by atoms with Gasteiger partial charge < -0.3 is 9.47 Å². The van der Waals surface area contributed by atoms with Crippen molar-refractivity contribution >= 4 is 17.7 Å². The minimum atomic E-state index is -0.285. The molecule has 3 aromatic rings. The van der Waals surface area contributed by atoms with Gasteiger partial charge in [-0.3, -0.25) is 4.79 Å². The maximum atomic E-state index is 13.1. The molecule has 0 bridgehead atoms. The van der Waals surface area contributed by atoms with Crippen molar-refractivity contribution in [2.75, 3.05) is 13.1 Å². The third-order valence-corrected chi connectivity index (χ3v) is 6.58. The molecule has 1 amide bonds. The van der Waals surface area contributed by atoms with Crippen molar-refractivity contribution in [2.24, 2.45) is 7.05 Å². The molecule has 2 aromatic carbocycles. The SMILES string of the molecule is Cn1c(SCc2ccccc2)nnc1[C@H]1CCCN(C(=O)Cc2ccc(F)cc2)C1. The highest BCUT2D eigenvalue weighted by Crippen LogP contribution is 2.29. The molecular formula is C23H25FN4OS. The van der Waals surface area contributed by atoms with Crippen LogP contribution in [-0.2, 0) is 24.0 Å². The molecule has 2 heterocycles. The molecule has 0 aliphatic carbocycles. The summed E-state index contributed by atoms with van der Waals surface area (Å²) in [7, 11) is 2.00. The molecule has 30 heavy (non-hydrogen) atoms. The van der Waals surface area contributed by atoms with E-state index in [0.717, 1.165) is 41.7 Å². The number of hydrogen-bond acceptors (Lipinski definition) is 4. The fraction of sp³-hybridized carbons (Fsp3) is 0.348. The van der Waals surface area contributed by atoms with Crippen LogP contribution in [0.1, 0.15) is 35.7 Å². The fourth-order valence-corrected chi connectivity index (χ4v) is 4.71. The van der Waals surface area contributed by atoms with E-state index in [1.165, 1.54) is 17.7 Å². The van der Waals surface area contributed by atoms with Gasteiger partial charge in [0.25, 0.3) is 0 Å². The Morgan fingerprint density at radius 2 is 1.87 bits per heavy atom. The molecule has 1 aromatic heterocycles. The van der Waals surface area contributed by atoms with E-state index in [1.54, 1.807) is 23.9 Å². The second kappa shape index (κ2) is 9.43. The van der Waals surface area contributed by atoms with Gasteiger partial charge in [-0.05, 0) is 36.1 Å². The van der Waals surface area contributed by atoms with Gasteiger partial charge in [-0.2, -0.15) is 0 Å². The fourth-order valence-electron chi connectivity index (χ4n) is 3.83. The number of hydrogen-bond donors (Lipinski definition) is 0. The van der Waals surface area contributed by atoms with Gasteiger partial charge >= 0.3 is 0 Å². The van der Waals surface area contributed by atoms with Crippen molar-refractivity contribution < 1.29 is 9.18 Å². The predicted octanol–water partition coefficient (Wildman–Crippen LogP) is 4.20. The maximum absolute atomic E-state index is 13.1. The normalized spacial score (nSPS) is 16.6. The lowest BCUT2D eigenvalue weighted by molar-refractivity contribution is -0.131. The van der Waals surface area contributed by atoms with E-state index in [0.29, 0.717) is 13.0 Å². The molecule has 1 aliphatic rings. The van der Waals surface area contributed by atoms with Crippen LogP contribution in [0.15, 0.2) is 59.8 Å². The molecule has 0 unspecified atom stereocenters. The zero-order valence-electron chi connectivity index (χ0n) is 17.0. The van der Waals surface area contributed by atoms with Crippen molar-refractivity contribution in [3.63, 3.8) is 0 Å². The van der Waals surface area contributed by atoms with Crippen LogP contribution < -0.4 is 0 Å². The molecule has 1 saturated heterocycles. The number of benzene rings is 2. The first-order valence-corrected chi connectivity index (χ1v) is 11.2. The van der Waals surface area contributed by atoms with Gasteiger partial charge in [-0.15, -0.1) is 10.2 Å². The number of piperidine rings is 1. The number of amides is 1. The van der Waals surface area contributed by atoms with Crippen LogP contribution in [0.2, 0.25) is 0 Å². The van der Waals surface area contributed by atoms with Crippen LogP contribution in [0.4, 0.5) is 4.39 Å². The summed E-state index contributed by atoms with van der Waals surface area (Å²) in [6.45, 7) is 1.40. The van der Waals surface area contributed by atoms with E-state index in [2.05, 4.69) is 26.9 Å². The average Bonchev–Trinajstić information content (AvgIpc) is 3.15. The Labute approximate surface area is 180 Å². The van der Waals surface area contributed by atoms with Gasteiger partial charge in [0.15, 0.2) is 5.16 Å². The number of carbonyl (C=O) groups excluding carboxylic acids is 1. The first kappa shape index (κ1) is 20.6. The van der Waals surface area contributed by atoms with Crippen LogP contribution in [0, 0.1) is 5.82 Å². The summed E-state index contributed by atoms with van der Waals surface area (Å²) in [5, 5.41) is 9.73. The van der Waals surface area contributed by atoms with Gasteiger partial charge in [-0.25, -0.2) is 4.39 Å². The molecule has 1 fully saturated rings. The minimum Gasteiger partial charge on any atom is -0.342 e. The molecule has 0 spiro atoms. The van der Waals surface area contributed by atoms with E-state index >= 15 is 0 Å². The summed E-state index contributed by atoms with van der Waals surface area (Å²) in [4.78, 5) is 14.7. The first-order chi connectivity index (χ1) is 14.6. The van der Waals surface area contributed by atoms with Crippen molar-refractivity contribution in [1.29, 1.82) is 0 Å². The molecule has 4 rings (SSSR count). The number of thioether (sulfide) groups is 1. The number of halogens is 1. The Bertz CT molecular complexity index is 990. The van der Waals surface area contributed by atoms with Gasteiger partial charge in [0.2, 0.25) is 5.91 Å². The second-order valence-corrected chi connectivity index (χ2v) is 8.60. The van der Waals surface area contributed by atoms with E-state index < -0.39 is 0 Å². The highest BCUT2D eigenvalue weighted by molar-refractivity contribution is 7.98. The molecule has 5 nitrogen and oxygen atoms in total. The van der Waals surface area contributed by atoms with Crippen LogP contribution >= 0.6 is 11.8 Å². The molecule has 0 saturated carbocycles. The lowest BCUT2D eigenvalue weighted by Gasteiger charge is -2.32. The Balaban J connectivity index is 1.38. The van der Waals surface area contributed by atoms with Gasteiger partial charge in [0.05, 0.1) is 6.42 Å². The summed E-state index contributed by atoms with van der Waals surface area (Å²) in [6, 6.07) is 16.5. The van der Waals surface area contributed by atoms with Gasteiger partial charge in [0.1, 0.15) is 11.6 Å². The molecule has 1 aliphatic heterocycles. The maximum Gasteiger partial charge on any atom is 0.227 e. The summed E-state index contributed by atoms with van der Waals surface area (Å²) >= 11 is 1.67. The molecule has 1 atom stereocenters. The predicted molar refractivity (Wildman–Crippen MR) is 116 cm³/mol. The Hall–Kier alpha value is -2.67. The van der Waals surface area contributed by atoms with E-state index in [-0.39, 0.29) is 17.6 Å². The highest BCUT2D eigenvalue weighted by atomic mass is 32.2. The lowest BCUT2D eigenvalue weighted by atomic mass is 9.96. The summed E-state index contributed by atoms with van der Waals surface area (Å²) in [5.41, 5.74) is 2.09. The van der Waals surface area contributed by atoms with Crippen molar-refractivity contribution in [1.82, 2.24) is 19.7 Å².